The van der Waals surface area contributed by atoms with E-state index >= 15 is 0 Å². The number of nitro groups is 1. The van der Waals surface area contributed by atoms with E-state index in [-0.39, 0.29) is 23.0 Å². The quantitative estimate of drug-likeness (QED) is 0.100. The average molecular weight is 582 g/mol. The Morgan fingerprint density at radius 1 is 1.00 bits per heavy atom. The predicted octanol–water partition coefficient (Wildman–Crippen LogP) is 10.5. The topological polar surface area (TPSA) is 78.7 Å². The van der Waals surface area contributed by atoms with Crippen molar-refractivity contribution in [1.82, 2.24) is 0 Å². The number of rotatable bonds is 8. The first kappa shape index (κ1) is 32.5. The van der Waals surface area contributed by atoms with Gasteiger partial charge in [-0.1, -0.05) is 79.4 Å². The molecule has 6 heteroatoms. The molecule has 0 heterocycles. The molecule has 0 radical (unpaired) electrons. The highest BCUT2D eigenvalue weighted by Gasteiger charge is 2.59. The predicted molar refractivity (Wildman–Crippen MR) is 168 cm³/mol. The fourth-order valence-corrected chi connectivity index (χ4v) is 9.64. The van der Waals surface area contributed by atoms with Crippen molar-refractivity contribution in [1.29, 1.82) is 0 Å². The Balaban J connectivity index is 0.00000198. The van der Waals surface area contributed by atoms with Gasteiger partial charge in [0.15, 0.2) is 0 Å². The second-order valence-corrected chi connectivity index (χ2v) is 14.4. The molecule has 0 amide bonds. The van der Waals surface area contributed by atoms with Crippen molar-refractivity contribution >= 4 is 11.8 Å². The molecule has 6 nitrogen and oxygen atoms in total. The number of carbonyl (C=O) groups excluding carboxylic acids is 1. The lowest BCUT2D eigenvalue weighted by molar-refractivity contribution is -0.384. The van der Waals surface area contributed by atoms with Crippen LogP contribution >= 0.6 is 0 Å². The molecule has 4 aliphatic rings. The molecule has 0 bridgehead atoms. The number of hydrogen-bond donors (Lipinski definition) is 0. The van der Waals surface area contributed by atoms with E-state index in [1.54, 1.807) is 0 Å². The van der Waals surface area contributed by atoms with Crippen LogP contribution in [0.15, 0.2) is 35.9 Å². The summed E-state index contributed by atoms with van der Waals surface area (Å²) >= 11 is 0. The summed E-state index contributed by atoms with van der Waals surface area (Å²) in [5.74, 6) is 5.11. The van der Waals surface area contributed by atoms with Crippen LogP contribution in [0.5, 0.6) is 5.75 Å². The summed E-state index contributed by atoms with van der Waals surface area (Å²) in [7, 11) is 0. The first-order valence-electron chi connectivity index (χ1n) is 16.8. The number of nitro benzene ring substituents is 1. The second-order valence-electron chi connectivity index (χ2n) is 14.4. The number of non-ortho nitro benzene ring substituents is 1. The lowest BCUT2D eigenvalue weighted by atomic mass is 9.47. The van der Waals surface area contributed by atoms with Gasteiger partial charge in [0.2, 0.25) is 0 Å². The van der Waals surface area contributed by atoms with E-state index in [4.69, 9.17) is 9.47 Å². The van der Waals surface area contributed by atoms with Crippen LogP contribution in [0.1, 0.15) is 119 Å². The Kier molecular flexibility index (Phi) is 10.5. The number of fused-ring (bicyclic) bond motifs is 5. The van der Waals surface area contributed by atoms with Crippen molar-refractivity contribution in [2.24, 2.45) is 46.3 Å². The minimum Gasteiger partial charge on any atom is -0.430 e. The molecule has 1 aromatic carbocycles. The van der Waals surface area contributed by atoms with Crippen LogP contribution in [0.4, 0.5) is 10.5 Å². The van der Waals surface area contributed by atoms with Gasteiger partial charge in [0.05, 0.1) is 4.92 Å². The van der Waals surface area contributed by atoms with Gasteiger partial charge in [-0.25, -0.2) is 4.79 Å². The molecule has 0 aliphatic heterocycles. The Hall–Kier alpha value is -2.37. The Bertz CT molecular complexity index is 1110. The van der Waals surface area contributed by atoms with Gasteiger partial charge in [0.25, 0.3) is 5.69 Å². The molecule has 4 aliphatic carbocycles. The summed E-state index contributed by atoms with van der Waals surface area (Å²) in [6.45, 7) is 16.4. The molecular formula is C36H55NO5. The molecule has 0 spiro atoms. The van der Waals surface area contributed by atoms with E-state index in [2.05, 4.69) is 40.7 Å². The van der Waals surface area contributed by atoms with Crippen LogP contribution < -0.4 is 4.74 Å². The molecular weight excluding hydrogens is 526 g/mol. The van der Waals surface area contributed by atoms with E-state index in [1.165, 1.54) is 81.2 Å². The maximum absolute atomic E-state index is 12.5. The van der Waals surface area contributed by atoms with Crippen molar-refractivity contribution in [2.45, 2.75) is 125 Å². The van der Waals surface area contributed by atoms with Gasteiger partial charge in [-0.3, -0.25) is 10.1 Å². The lowest BCUT2D eigenvalue weighted by Crippen LogP contribution is -2.51. The van der Waals surface area contributed by atoms with Crippen molar-refractivity contribution in [3.05, 3.63) is 46.0 Å². The van der Waals surface area contributed by atoms with Crippen molar-refractivity contribution < 1.29 is 19.2 Å². The SMILES string of the molecule is CC.CC(C)CCCC(C)C1CCC2C3CC=C4CC(OC(=O)Oc5ccc([N+](=O)[O-])cc5)CCC4(C)C3CCC12C. The number of benzene rings is 1. The summed E-state index contributed by atoms with van der Waals surface area (Å²) in [6.07, 6.45) is 15.1. The molecule has 3 saturated carbocycles. The van der Waals surface area contributed by atoms with Gasteiger partial charge < -0.3 is 9.47 Å². The number of allylic oxidation sites excluding steroid dienone is 1. The van der Waals surface area contributed by atoms with E-state index in [1.807, 2.05) is 13.8 Å². The highest BCUT2D eigenvalue weighted by Crippen LogP contribution is 2.67. The van der Waals surface area contributed by atoms with E-state index in [9.17, 15) is 14.9 Å². The Morgan fingerprint density at radius 2 is 1.71 bits per heavy atom. The van der Waals surface area contributed by atoms with Gasteiger partial charge in [0, 0.05) is 18.6 Å². The fourth-order valence-electron chi connectivity index (χ4n) is 9.64. The van der Waals surface area contributed by atoms with Gasteiger partial charge in [-0.2, -0.15) is 0 Å². The highest BCUT2D eigenvalue weighted by atomic mass is 16.7. The first-order chi connectivity index (χ1) is 20.0. The molecule has 1 aromatic rings. The number of hydrogen-bond acceptors (Lipinski definition) is 5. The monoisotopic (exact) mass is 581 g/mol. The van der Waals surface area contributed by atoms with Gasteiger partial charge in [-0.15, -0.1) is 0 Å². The maximum atomic E-state index is 12.5. The van der Waals surface area contributed by atoms with E-state index in [0.717, 1.165) is 54.8 Å². The number of ether oxygens (including phenoxy) is 2. The Labute approximate surface area is 254 Å². The van der Waals surface area contributed by atoms with Crippen LogP contribution in [-0.4, -0.2) is 17.2 Å². The molecule has 0 aromatic heterocycles. The maximum Gasteiger partial charge on any atom is 0.514 e. The van der Waals surface area contributed by atoms with E-state index < -0.39 is 11.1 Å². The van der Waals surface area contributed by atoms with E-state index in [0.29, 0.717) is 5.41 Å². The van der Waals surface area contributed by atoms with Crippen LogP contribution in [0.25, 0.3) is 0 Å². The number of nitrogens with zero attached hydrogens (tertiary/aromatic N) is 1. The third kappa shape index (κ3) is 6.58. The molecule has 3 fully saturated rings. The number of carbonyl (C=O) groups is 1. The largest absolute Gasteiger partial charge is 0.514 e. The van der Waals surface area contributed by atoms with Crippen molar-refractivity contribution in [3.8, 4) is 5.75 Å². The molecule has 0 N–H and O–H groups in total. The van der Waals surface area contributed by atoms with Crippen molar-refractivity contribution in [2.75, 3.05) is 0 Å². The average Bonchev–Trinajstić information content (AvgIpc) is 3.31. The van der Waals surface area contributed by atoms with Crippen molar-refractivity contribution in [3.63, 3.8) is 0 Å². The smallest absolute Gasteiger partial charge is 0.430 e. The van der Waals surface area contributed by atoms with Crippen LogP contribution in [0.2, 0.25) is 0 Å². The summed E-state index contributed by atoms with van der Waals surface area (Å²) in [5.41, 5.74) is 2.13. The minimum atomic E-state index is -0.732. The zero-order chi connectivity index (χ0) is 30.7. The zero-order valence-electron chi connectivity index (χ0n) is 27.2. The van der Waals surface area contributed by atoms with Crippen LogP contribution in [0, 0.1) is 56.5 Å². The molecule has 8 atom stereocenters. The lowest BCUT2D eigenvalue weighted by Gasteiger charge is -2.58. The third-order valence-corrected chi connectivity index (χ3v) is 11.8. The zero-order valence-corrected chi connectivity index (χ0v) is 27.2. The molecule has 5 rings (SSSR count). The summed E-state index contributed by atoms with van der Waals surface area (Å²) in [5, 5.41) is 10.9. The molecule has 0 saturated heterocycles. The minimum absolute atomic E-state index is 0.0397. The summed E-state index contributed by atoms with van der Waals surface area (Å²) in [4.78, 5) is 22.9. The first-order valence-corrected chi connectivity index (χ1v) is 16.8. The Morgan fingerprint density at radius 3 is 2.38 bits per heavy atom. The molecule has 42 heavy (non-hydrogen) atoms. The fraction of sp³-hybridized carbons (Fsp3) is 0.750. The normalized spacial score (nSPS) is 34.1. The van der Waals surface area contributed by atoms with Gasteiger partial charge in [0.1, 0.15) is 11.9 Å². The van der Waals surface area contributed by atoms with Gasteiger partial charge >= 0.3 is 6.16 Å². The molecule has 234 valence electrons. The standard InChI is InChI=1S/C34H49NO5.C2H6/c1-22(2)7-6-8-23(3)29-15-16-30-28-14-9-24-21-27(17-19-33(24,4)31(28)18-20-34(29,30)5)40-32(36)39-26-12-10-25(11-13-26)35(37)38;1-2/h9-13,22-23,27-31H,6-8,14-21H2,1-5H3;1-2H3. The van der Waals surface area contributed by atoms with Crippen LogP contribution in [-0.2, 0) is 4.74 Å². The summed E-state index contributed by atoms with van der Waals surface area (Å²) in [6, 6.07) is 5.51. The molecule has 8 unspecified atom stereocenters. The highest BCUT2D eigenvalue weighted by molar-refractivity contribution is 5.64. The van der Waals surface area contributed by atoms with Crippen LogP contribution in [0.3, 0.4) is 0 Å². The second kappa shape index (κ2) is 13.5. The summed E-state index contributed by atoms with van der Waals surface area (Å²) < 4.78 is 11.1. The van der Waals surface area contributed by atoms with Gasteiger partial charge in [-0.05, 0) is 103 Å². The third-order valence-electron chi connectivity index (χ3n) is 11.8.